The fourth-order valence-corrected chi connectivity index (χ4v) is 5.92. The van der Waals surface area contributed by atoms with Crippen LogP contribution in [0, 0.1) is 0 Å². The summed E-state index contributed by atoms with van der Waals surface area (Å²) in [4.78, 5) is 57.8. The van der Waals surface area contributed by atoms with Crippen LogP contribution in [-0.2, 0) is 16.0 Å². The molecule has 2 aromatic carbocycles. The van der Waals surface area contributed by atoms with Gasteiger partial charge < -0.3 is 29.7 Å². The maximum atomic E-state index is 12.9. The minimum atomic E-state index is -0.628. The van der Waals surface area contributed by atoms with Crippen molar-refractivity contribution in [3.8, 4) is 33.6 Å². The van der Waals surface area contributed by atoms with Crippen molar-refractivity contribution in [1.29, 1.82) is 0 Å². The number of amides is 3. The Morgan fingerprint density at radius 1 is 0.900 bits per heavy atom. The Labute approximate surface area is 294 Å². The number of ether oxygens (including phenoxy) is 2. The second-order valence-electron chi connectivity index (χ2n) is 14.6. The average Bonchev–Trinajstić information content (AvgIpc) is 3.83. The third kappa shape index (κ3) is 8.71. The van der Waals surface area contributed by atoms with Crippen LogP contribution in [0.3, 0.4) is 0 Å². The van der Waals surface area contributed by atoms with E-state index in [1.54, 1.807) is 16.8 Å². The van der Waals surface area contributed by atoms with Crippen LogP contribution in [0.25, 0.3) is 33.6 Å². The van der Waals surface area contributed by atoms with Crippen LogP contribution in [0.5, 0.6) is 0 Å². The summed E-state index contributed by atoms with van der Waals surface area (Å²) in [7, 11) is 1.56. The second-order valence-corrected chi connectivity index (χ2v) is 14.6. The molecular formula is C38H49N7O5. The monoisotopic (exact) mass is 683 g/mol. The number of likely N-dealkylation sites (tertiary alicyclic amines) is 1. The van der Waals surface area contributed by atoms with E-state index in [1.165, 1.54) is 0 Å². The summed E-state index contributed by atoms with van der Waals surface area (Å²) in [5.74, 6) is 0.919. The maximum Gasteiger partial charge on any atom is 0.410 e. The van der Waals surface area contributed by atoms with Crippen LogP contribution in [0.1, 0.15) is 95.9 Å². The van der Waals surface area contributed by atoms with Crippen molar-refractivity contribution in [3.63, 3.8) is 0 Å². The quantitative estimate of drug-likeness (QED) is 0.164. The molecule has 0 aliphatic carbocycles. The molecule has 266 valence electrons. The molecular weight excluding hydrogens is 634 g/mol. The fourth-order valence-electron chi connectivity index (χ4n) is 5.92. The lowest BCUT2D eigenvalue weighted by molar-refractivity contribution is 0.0212. The summed E-state index contributed by atoms with van der Waals surface area (Å²) >= 11 is 0. The van der Waals surface area contributed by atoms with Gasteiger partial charge in [-0.15, -0.1) is 0 Å². The van der Waals surface area contributed by atoms with Crippen molar-refractivity contribution in [1.82, 2.24) is 35.1 Å². The molecule has 0 spiro atoms. The van der Waals surface area contributed by atoms with Crippen molar-refractivity contribution < 1.29 is 23.9 Å². The number of imidazole rings is 2. The summed E-state index contributed by atoms with van der Waals surface area (Å²) in [6, 6.07) is 15.9. The summed E-state index contributed by atoms with van der Waals surface area (Å²) in [5, 5.41) is 2.67. The lowest BCUT2D eigenvalue weighted by Crippen LogP contribution is -2.37. The molecule has 0 saturated carbocycles. The highest BCUT2D eigenvalue weighted by Gasteiger charge is 2.35. The molecule has 50 heavy (non-hydrogen) atoms. The first kappa shape index (κ1) is 36.2. The Kier molecular flexibility index (Phi) is 10.7. The molecule has 3 amide bonds. The van der Waals surface area contributed by atoms with E-state index in [0.717, 1.165) is 53.0 Å². The van der Waals surface area contributed by atoms with Crippen LogP contribution in [0.2, 0.25) is 0 Å². The van der Waals surface area contributed by atoms with Crippen LogP contribution in [0.15, 0.2) is 54.7 Å². The number of aromatic nitrogens is 4. The number of carbonyl (C=O) groups excluding carboxylic acids is 3. The Balaban J connectivity index is 1.31. The van der Waals surface area contributed by atoms with E-state index in [4.69, 9.17) is 9.47 Å². The Bertz CT molecular complexity index is 1800. The van der Waals surface area contributed by atoms with Gasteiger partial charge in [-0.25, -0.2) is 19.6 Å². The van der Waals surface area contributed by atoms with Crippen LogP contribution >= 0.6 is 0 Å². The molecule has 4 aromatic rings. The molecule has 0 radical (unpaired) electrons. The van der Waals surface area contributed by atoms with E-state index in [-0.39, 0.29) is 30.3 Å². The van der Waals surface area contributed by atoms with Gasteiger partial charge >= 0.3 is 12.2 Å². The molecule has 1 saturated heterocycles. The van der Waals surface area contributed by atoms with Gasteiger partial charge in [0, 0.05) is 25.7 Å². The molecule has 0 bridgehead atoms. The van der Waals surface area contributed by atoms with E-state index < -0.39 is 17.3 Å². The number of H-pyrrole nitrogens is 2. The number of hydrogen-bond donors (Lipinski definition) is 3. The number of rotatable bonds is 9. The number of nitrogens with zero attached hydrogens (tertiary/aromatic N) is 4. The summed E-state index contributed by atoms with van der Waals surface area (Å²) in [5.41, 5.74) is 4.32. The fraction of sp³-hybridized carbons (Fsp3) is 0.447. The largest absolute Gasteiger partial charge is 0.444 e. The van der Waals surface area contributed by atoms with Gasteiger partial charge in [0.1, 0.15) is 22.9 Å². The third-order valence-corrected chi connectivity index (χ3v) is 8.18. The Morgan fingerprint density at radius 2 is 1.50 bits per heavy atom. The minimum absolute atomic E-state index is 0.147. The minimum Gasteiger partial charge on any atom is -0.444 e. The molecule has 12 nitrogen and oxygen atoms in total. The van der Waals surface area contributed by atoms with Crippen molar-refractivity contribution in [2.45, 2.75) is 91.5 Å². The lowest BCUT2D eigenvalue weighted by Gasteiger charge is -2.27. The van der Waals surface area contributed by atoms with Crippen molar-refractivity contribution in [2.75, 3.05) is 20.1 Å². The van der Waals surface area contributed by atoms with E-state index >= 15 is 0 Å². The average molecular weight is 684 g/mol. The Morgan fingerprint density at radius 3 is 2.08 bits per heavy atom. The molecule has 3 heterocycles. The number of carbonyl (C=O) groups is 3. The van der Waals surface area contributed by atoms with Crippen molar-refractivity contribution in [3.05, 3.63) is 72.1 Å². The summed E-state index contributed by atoms with van der Waals surface area (Å²) in [6.07, 6.45) is 3.53. The molecule has 2 aromatic heterocycles. The molecule has 1 aliphatic rings. The van der Waals surface area contributed by atoms with Gasteiger partial charge in [0.05, 0.1) is 30.2 Å². The highest BCUT2D eigenvalue weighted by atomic mass is 16.6. The predicted molar refractivity (Wildman–Crippen MR) is 192 cm³/mol. The molecule has 1 aliphatic heterocycles. The number of benzene rings is 2. The van der Waals surface area contributed by atoms with E-state index in [2.05, 4.69) is 37.4 Å². The molecule has 12 heteroatoms. The van der Waals surface area contributed by atoms with E-state index in [9.17, 15) is 14.4 Å². The highest BCUT2D eigenvalue weighted by Crippen LogP contribution is 2.34. The summed E-state index contributed by atoms with van der Waals surface area (Å²) in [6.45, 7) is 14.4. The standard InChI is InChI=1S/C38H49N7O5/c1-9-20-44(35(47)49-37(2,3)4)23-30-42-31(32(43-30)34(46)39-8)27-18-14-25(15-19-27)24-12-16-26(17-13-24)28-22-40-33(41-28)29-11-10-21-45(29)36(48)50-38(5,6)7/h12-19,22,29H,9-11,20-21,23H2,1-8H3,(H,39,46)(H,40,41)(H,42,43)/t29-/m0/s1. The predicted octanol–water partition coefficient (Wildman–Crippen LogP) is 7.71. The topological polar surface area (TPSA) is 146 Å². The van der Waals surface area contributed by atoms with Gasteiger partial charge in [-0.1, -0.05) is 55.5 Å². The first-order chi connectivity index (χ1) is 23.7. The maximum absolute atomic E-state index is 12.9. The highest BCUT2D eigenvalue weighted by molar-refractivity contribution is 5.98. The van der Waals surface area contributed by atoms with Gasteiger partial charge in [-0.2, -0.15) is 0 Å². The number of hydrogen-bond acceptors (Lipinski definition) is 7. The first-order valence-corrected chi connectivity index (χ1v) is 17.2. The molecule has 0 unspecified atom stereocenters. The number of aromatic amines is 2. The zero-order chi connectivity index (χ0) is 36.2. The smallest absolute Gasteiger partial charge is 0.410 e. The molecule has 1 atom stereocenters. The van der Waals surface area contributed by atoms with E-state index in [1.807, 2.05) is 91.1 Å². The van der Waals surface area contributed by atoms with Crippen molar-refractivity contribution in [2.24, 2.45) is 0 Å². The molecule has 5 rings (SSSR count). The van der Waals surface area contributed by atoms with Gasteiger partial charge in [0.2, 0.25) is 0 Å². The molecule has 1 fully saturated rings. The van der Waals surface area contributed by atoms with Gasteiger partial charge in [0.15, 0.2) is 5.69 Å². The first-order valence-electron chi connectivity index (χ1n) is 17.2. The third-order valence-electron chi connectivity index (χ3n) is 8.18. The lowest BCUT2D eigenvalue weighted by atomic mass is 10.0. The van der Waals surface area contributed by atoms with Gasteiger partial charge in [0.25, 0.3) is 5.91 Å². The van der Waals surface area contributed by atoms with Crippen LogP contribution < -0.4 is 5.32 Å². The molecule has 3 N–H and O–H groups in total. The van der Waals surface area contributed by atoms with Crippen LogP contribution in [0.4, 0.5) is 9.59 Å². The second kappa shape index (κ2) is 14.8. The zero-order valence-corrected chi connectivity index (χ0v) is 30.3. The summed E-state index contributed by atoms with van der Waals surface area (Å²) < 4.78 is 11.2. The SMILES string of the molecule is CCCN(Cc1nc(C(=O)NC)c(-c2ccc(-c3ccc(-c4cnc([C@@H]5CCCN5C(=O)OC(C)(C)C)[nH]4)cc3)cc2)[nH]1)C(=O)OC(C)(C)C. The van der Waals surface area contributed by atoms with Crippen molar-refractivity contribution >= 4 is 18.1 Å². The Hall–Kier alpha value is -5.13. The van der Waals surface area contributed by atoms with Gasteiger partial charge in [-0.05, 0) is 77.5 Å². The van der Waals surface area contributed by atoms with E-state index in [0.29, 0.717) is 24.6 Å². The zero-order valence-electron chi connectivity index (χ0n) is 30.3. The van der Waals surface area contributed by atoms with Crippen LogP contribution in [-0.4, -0.2) is 79.2 Å². The number of nitrogens with one attached hydrogen (secondary N) is 3. The normalized spacial score (nSPS) is 14.8. The van der Waals surface area contributed by atoms with Gasteiger partial charge in [-0.3, -0.25) is 9.69 Å².